The summed E-state index contributed by atoms with van der Waals surface area (Å²) in [5, 5.41) is 0. The lowest BCUT2D eigenvalue weighted by Crippen LogP contribution is -1.93. The molecule has 2 rings (SSSR count). The van der Waals surface area contributed by atoms with Crippen molar-refractivity contribution in [2.45, 2.75) is 19.8 Å². The second-order valence-corrected chi connectivity index (χ2v) is 4.26. The van der Waals surface area contributed by atoms with Crippen molar-refractivity contribution in [1.29, 1.82) is 0 Å². The summed E-state index contributed by atoms with van der Waals surface area (Å²) in [5.41, 5.74) is 1.16. The van der Waals surface area contributed by atoms with Crippen molar-refractivity contribution >= 4 is 5.78 Å². The van der Waals surface area contributed by atoms with Crippen LogP contribution in [0.4, 0.5) is 0 Å². The van der Waals surface area contributed by atoms with Crippen LogP contribution in [0.25, 0.3) is 0 Å². The lowest BCUT2D eigenvalue weighted by Gasteiger charge is -2.06. The van der Waals surface area contributed by atoms with Crippen molar-refractivity contribution < 1.29 is 9.53 Å². The van der Waals surface area contributed by atoms with Crippen LogP contribution < -0.4 is 4.74 Å². The number of para-hydroxylation sites is 1. The Morgan fingerprint density at radius 2 is 1.56 bits per heavy atom. The van der Waals surface area contributed by atoms with E-state index in [0.717, 1.165) is 23.5 Å². The molecule has 18 heavy (non-hydrogen) atoms. The van der Waals surface area contributed by atoms with Gasteiger partial charge in [-0.15, -0.1) is 0 Å². The van der Waals surface area contributed by atoms with Crippen LogP contribution in [-0.2, 0) is 11.2 Å². The summed E-state index contributed by atoms with van der Waals surface area (Å²) in [4.78, 5) is 10.9. The Morgan fingerprint density at radius 3 is 2.17 bits per heavy atom. The molecule has 0 N–H and O–H groups in total. The van der Waals surface area contributed by atoms with Crippen LogP contribution in [0.5, 0.6) is 11.5 Å². The van der Waals surface area contributed by atoms with Gasteiger partial charge in [0.25, 0.3) is 0 Å². The van der Waals surface area contributed by atoms with Gasteiger partial charge in [-0.1, -0.05) is 30.3 Å². The minimum absolute atomic E-state index is 0.222. The molecule has 92 valence electrons. The van der Waals surface area contributed by atoms with E-state index in [1.807, 2.05) is 54.6 Å². The van der Waals surface area contributed by atoms with Crippen LogP contribution >= 0.6 is 0 Å². The summed E-state index contributed by atoms with van der Waals surface area (Å²) in [6.07, 6.45) is 1.39. The summed E-state index contributed by atoms with van der Waals surface area (Å²) in [5.74, 6) is 1.86. The number of carbonyl (C=O) groups is 1. The maximum atomic E-state index is 10.9. The van der Waals surface area contributed by atoms with Gasteiger partial charge in [-0.05, 0) is 43.2 Å². The number of hydrogen-bond donors (Lipinski definition) is 0. The van der Waals surface area contributed by atoms with E-state index < -0.39 is 0 Å². The molecule has 0 aromatic heterocycles. The van der Waals surface area contributed by atoms with Gasteiger partial charge in [0.15, 0.2) is 0 Å². The van der Waals surface area contributed by atoms with Crippen molar-refractivity contribution in [2.75, 3.05) is 0 Å². The summed E-state index contributed by atoms with van der Waals surface area (Å²) >= 11 is 0. The number of benzene rings is 2. The number of aryl methyl sites for hydroxylation is 1. The van der Waals surface area contributed by atoms with Crippen molar-refractivity contribution in [3.05, 3.63) is 60.2 Å². The predicted molar refractivity (Wildman–Crippen MR) is 72.0 cm³/mol. The average Bonchev–Trinajstić information content (AvgIpc) is 2.39. The zero-order chi connectivity index (χ0) is 12.8. The van der Waals surface area contributed by atoms with Gasteiger partial charge in [-0.3, -0.25) is 0 Å². The Hall–Kier alpha value is -2.09. The van der Waals surface area contributed by atoms with Gasteiger partial charge in [0.2, 0.25) is 0 Å². The zero-order valence-electron chi connectivity index (χ0n) is 10.4. The molecule has 0 amide bonds. The van der Waals surface area contributed by atoms with E-state index >= 15 is 0 Å². The van der Waals surface area contributed by atoms with Gasteiger partial charge in [0.05, 0.1) is 0 Å². The molecule has 0 aliphatic heterocycles. The number of hydrogen-bond acceptors (Lipinski definition) is 2. The molecule has 0 radical (unpaired) electrons. The van der Waals surface area contributed by atoms with E-state index in [9.17, 15) is 4.79 Å². The summed E-state index contributed by atoms with van der Waals surface area (Å²) in [6.45, 7) is 1.62. The Balaban J connectivity index is 1.97. The molecule has 2 aromatic rings. The molecule has 0 aliphatic carbocycles. The summed E-state index contributed by atoms with van der Waals surface area (Å²) in [6, 6.07) is 17.5. The van der Waals surface area contributed by atoms with E-state index in [4.69, 9.17) is 4.74 Å². The Bertz CT molecular complexity index is 500. The topological polar surface area (TPSA) is 26.3 Å². The fourth-order valence-electron chi connectivity index (χ4n) is 1.67. The van der Waals surface area contributed by atoms with Crippen LogP contribution in [0.3, 0.4) is 0 Å². The minimum atomic E-state index is 0.222. The first-order chi connectivity index (χ1) is 8.74. The van der Waals surface area contributed by atoms with Crippen LogP contribution in [0.15, 0.2) is 54.6 Å². The normalized spacial score (nSPS) is 10.1. The number of rotatable bonds is 5. The first kappa shape index (κ1) is 12.4. The van der Waals surface area contributed by atoms with Crippen LogP contribution in [0.1, 0.15) is 18.9 Å². The van der Waals surface area contributed by atoms with Crippen molar-refractivity contribution in [3.63, 3.8) is 0 Å². The first-order valence-electron chi connectivity index (χ1n) is 6.05. The molecule has 0 saturated carbocycles. The van der Waals surface area contributed by atoms with Gasteiger partial charge in [-0.25, -0.2) is 0 Å². The number of Topliss-reactive ketones (excluding diaryl/α,β-unsaturated/α-hetero) is 1. The maximum Gasteiger partial charge on any atom is 0.130 e. The average molecular weight is 240 g/mol. The molecule has 0 aliphatic rings. The molecule has 0 bridgehead atoms. The Kier molecular flexibility index (Phi) is 4.13. The number of ketones is 1. The monoisotopic (exact) mass is 240 g/mol. The second-order valence-electron chi connectivity index (χ2n) is 4.26. The summed E-state index contributed by atoms with van der Waals surface area (Å²) < 4.78 is 5.69. The van der Waals surface area contributed by atoms with Crippen molar-refractivity contribution in [3.8, 4) is 11.5 Å². The SMILES string of the molecule is CC(=O)CCc1ccc(Oc2ccccc2)cc1. The van der Waals surface area contributed by atoms with Gasteiger partial charge in [0, 0.05) is 6.42 Å². The van der Waals surface area contributed by atoms with E-state index in [1.165, 1.54) is 0 Å². The van der Waals surface area contributed by atoms with E-state index in [1.54, 1.807) is 6.92 Å². The molecule has 0 spiro atoms. The van der Waals surface area contributed by atoms with E-state index in [0.29, 0.717) is 6.42 Å². The number of carbonyl (C=O) groups excluding carboxylic acids is 1. The first-order valence-corrected chi connectivity index (χ1v) is 6.05. The lowest BCUT2D eigenvalue weighted by molar-refractivity contribution is -0.116. The molecule has 2 heteroatoms. The van der Waals surface area contributed by atoms with Crippen LogP contribution in [0, 0.1) is 0 Å². The second kappa shape index (κ2) is 6.01. The molecular weight excluding hydrogens is 224 g/mol. The highest BCUT2D eigenvalue weighted by Crippen LogP contribution is 2.21. The van der Waals surface area contributed by atoms with Crippen molar-refractivity contribution in [1.82, 2.24) is 0 Å². The molecular formula is C16H16O2. The highest BCUT2D eigenvalue weighted by molar-refractivity contribution is 5.75. The minimum Gasteiger partial charge on any atom is -0.457 e. The largest absolute Gasteiger partial charge is 0.457 e. The van der Waals surface area contributed by atoms with Gasteiger partial charge in [-0.2, -0.15) is 0 Å². The zero-order valence-corrected chi connectivity index (χ0v) is 10.4. The highest BCUT2D eigenvalue weighted by atomic mass is 16.5. The van der Waals surface area contributed by atoms with Crippen molar-refractivity contribution in [2.24, 2.45) is 0 Å². The van der Waals surface area contributed by atoms with Crippen LogP contribution in [-0.4, -0.2) is 5.78 Å². The third-order valence-electron chi connectivity index (χ3n) is 2.67. The smallest absolute Gasteiger partial charge is 0.130 e. The molecule has 0 unspecified atom stereocenters. The summed E-state index contributed by atoms with van der Waals surface area (Å²) in [7, 11) is 0. The lowest BCUT2D eigenvalue weighted by atomic mass is 10.1. The Morgan fingerprint density at radius 1 is 0.944 bits per heavy atom. The third-order valence-corrected chi connectivity index (χ3v) is 2.67. The molecule has 0 atom stereocenters. The van der Waals surface area contributed by atoms with Gasteiger partial charge in [0.1, 0.15) is 17.3 Å². The standard InChI is InChI=1S/C16H16O2/c1-13(17)7-8-14-9-11-16(12-10-14)18-15-5-3-2-4-6-15/h2-6,9-12H,7-8H2,1H3. The van der Waals surface area contributed by atoms with Gasteiger partial charge < -0.3 is 9.53 Å². The van der Waals surface area contributed by atoms with E-state index in [-0.39, 0.29) is 5.78 Å². The number of ether oxygens (including phenoxy) is 1. The molecule has 2 nitrogen and oxygen atoms in total. The quantitative estimate of drug-likeness (QED) is 0.789. The van der Waals surface area contributed by atoms with Crippen LogP contribution in [0.2, 0.25) is 0 Å². The Labute approximate surface area is 107 Å². The maximum absolute atomic E-state index is 10.9. The molecule has 0 fully saturated rings. The molecule has 0 heterocycles. The molecule has 0 saturated heterocycles. The molecule has 2 aromatic carbocycles. The fourth-order valence-corrected chi connectivity index (χ4v) is 1.67. The predicted octanol–water partition coefficient (Wildman–Crippen LogP) is 4.00. The fraction of sp³-hybridized carbons (Fsp3) is 0.188. The van der Waals surface area contributed by atoms with E-state index in [2.05, 4.69) is 0 Å². The third kappa shape index (κ3) is 3.74. The highest BCUT2D eigenvalue weighted by Gasteiger charge is 1.99. The van der Waals surface area contributed by atoms with Gasteiger partial charge >= 0.3 is 0 Å².